The molecule has 1 aromatic heterocycles. The highest BCUT2D eigenvalue weighted by Crippen LogP contribution is 2.88. The lowest BCUT2D eigenvalue weighted by Crippen LogP contribution is -2.80. The highest BCUT2D eigenvalue weighted by atomic mass is 16.7. The molecule has 0 radical (unpaired) electrons. The molecule has 13 N–H and O–H groups in total. The lowest BCUT2D eigenvalue weighted by atomic mass is 9.21. The number of aliphatic hydroxyl groups excluding tert-OH is 8. The van der Waals surface area contributed by atoms with Gasteiger partial charge in [0.15, 0.2) is 6.29 Å². The molecule has 2 bridgehead atoms. The molecule has 3 heterocycles. The molecule has 2 spiro atoms. The minimum absolute atomic E-state index is 0.0121. The highest BCUT2D eigenvalue weighted by Gasteiger charge is 2.84. The molecule has 9 aliphatic rings. The SMILES string of the molecule is CCC1CC2(C(=O)O)CCC(C)(CO)CC2C2=CCC34C5=CC(C6C(CO)C(=O)NC6C(CCC(N)O)c6cnc[nH]6)C6C(O)C(OC7OCC(O)C(O)C7O)C(C)(CO)C(CCC3(C)C21CC5)C64C. The van der Waals surface area contributed by atoms with E-state index in [0.29, 0.717) is 51.4 Å². The van der Waals surface area contributed by atoms with Gasteiger partial charge in [-0.05, 0) is 111 Å². The number of ether oxygens (including phenoxy) is 2. The first-order chi connectivity index (χ1) is 33.1. The van der Waals surface area contributed by atoms with Crippen LogP contribution < -0.4 is 11.1 Å². The van der Waals surface area contributed by atoms with Crippen LogP contribution in [0.4, 0.5) is 0 Å². The van der Waals surface area contributed by atoms with Gasteiger partial charge < -0.3 is 71.5 Å². The predicted molar refractivity (Wildman–Crippen MR) is 252 cm³/mol. The topological polar surface area (TPSA) is 301 Å². The van der Waals surface area contributed by atoms with E-state index >= 15 is 0 Å². The molecule has 23 unspecified atom stereocenters. The Morgan fingerprint density at radius 2 is 1.76 bits per heavy atom. The van der Waals surface area contributed by atoms with Gasteiger partial charge in [-0.1, -0.05) is 64.3 Å². The number of carbonyl (C=O) groups excluding carboxylic acids is 1. The van der Waals surface area contributed by atoms with E-state index in [9.17, 15) is 55.5 Å². The van der Waals surface area contributed by atoms with Crippen LogP contribution >= 0.6 is 0 Å². The third kappa shape index (κ3) is 6.44. The molecular formula is C53H80N4O13. The van der Waals surface area contributed by atoms with E-state index in [4.69, 9.17) is 15.2 Å². The maximum Gasteiger partial charge on any atom is 0.310 e. The number of hydrogen-bond donors (Lipinski definition) is 12. The lowest BCUT2D eigenvalue weighted by Gasteiger charge is -2.83. The molecule has 17 heteroatoms. The van der Waals surface area contributed by atoms with Gasteiger partial charge >= 0.3 is 5.97 Å². The Balaban J connectivity index is 1.21. The third-order valence-electron chi connectivity index (χ3n) is 22.5. The van der Waals surface area contributed by atoms with E-state index in [0.717, 1.165) is 25.0 Å². The van der Waals surface area contributed by atoms with Crippen LogP contribution in [0.25, 0.3) is 0 Å². The minimum atomic E-state index is -1.68. The number of aromatic amines is 1. The summed E-state index contributed by atoms with van der Waals surface area (Å²) in [7, 11) is 0. The molecule has 70 heavy (non-hydrogen) atoms. The molecule has 0 aromatic carbocycles. The Labute approximate surface area is 410 Å². The van der Waals surface area contributed by atoms with Gasteiger partial charge in [-0.25, -0.2) is 4.98 Å². The van der Waals surface area contributed by atoms with Crippen LogP contribution in [-0.4, -0.2) is 143 Å². The number of H-pyrrole nitrogens is 1. The van der Waals surface area contributed by atoms with Gasteiger partial charge in [-0.2, -0.15) is 0 Å². The van der Waals surface area contributed by atoms with Crippen LogP contribution in [-0.2, 0) is 19.1 Å². The zero-order valence-corrected chi connectivity index (χ0v) is 41.5. The van der Waals surface area contributed by atoms with Crippen molar-refractivity contribution in [2.24, 2.45) is 85.1 Å². The Bertz CT molecular complexity index is 2240. The molecule has 23 atom stereocenters. The van der Waals surface area contributed by atoms with Crippen LogP contribution in [0.2, 0.25) is 0 Å². The maximum absolute atomic E-state index is 14.4. The van der Waals surface area contributed by atoms with Crippen LogP contribution in [0.5, 0.6) is 0 Å². The van der Waals surface area contributed by atoms with Crippen molar-refractivity contribution in [2.75, 3.05) is 26.4 Å². The van der Waals surface area contributed by atoms with Crippen LogP contribution in [0.15, 0.2) is 35.8 Å². The highest BCUT2D eigenvalue weighted by molar-refractivity contribution is 5.82. The predicted octanol–water partition coefficient (Wildman–Crippen LogP) is 2.46. The monoisotopic (exact) mass is 981 g/mol. The summed E-state index contributed by atoms with van der Waals surface area (Å²) in [5.74, 6) is -4.99. The summed E-state index contributed by atoms with van der Waals surface area (Å²) in [6.45, 7) is 9.70. The molecule has 10 rings (SSSR count). The minimum Gasteiger partial charge on any atom is -0.481 e. The fraction of sp³-hybridized carbons (Fsp3) is 0.830. The number of allylic oxidation sites excluding steroid dienone is 4. The van der Waals surface area contributed by atoms with Crippen LogP contribution in [0, 0.1) is 79.3 Å². The number of nitrogens with two attached hydrogens (primary N) is 1. The number of hydrogen-bond acceptors (Lipinski definition) is 14. The zero-order chi connectivity index (χ0) is 50.3. The van der Waals surface area contributed by atoms with Gasteiger partial charge in [0.1, 0.15) is 24.5 Å². The Hall–Kier alpha value is -2.81. The van der Waals surface area contributed by atoms with Gasteiger partial charge in [-0.15, -0.1) is 0 Å². The van der Waals surface area contributed by atoms with Crippen molar-refractivity contribution < 1.29 is 65.0 Å². The second kappa shape index (κ2) is 17.4. The summed E-state index contributed by atoms with van der Waals surface area (Å²) in [4.78, 5) is 35.9. The molecule has 7 aliphatic carbocycles. The van der Waals surface area contributed by atoms with E-state index in [1.165, 1.54) is 11.1 Å². The molecule has 2 aliphatic heterocycles. The molecule has 1 amide bonds. The summed E-state index contributed by atoms with van der Waals surface area (Å²) < 4.78 is 12.6. The number of amides is 1. The number of carbonyl (C=O) groups is 2. The molecule has 1 aromatic rings. The second-order valence-electron chi connectivity index (χ2n) is 24.9. The molecule has 7 fully saturated rings. The van der Waals surface area contributed by atoms with Crippen LogP contribution in [0.1, 0.15) is 123 Å². The van der Waals surface area contributed by atoms with Crippen molar-refractivity contribution in [3.63, 3.8) is 0 Å². The molecule has 2 saturated heterocycles. The van der Waals surface area contributed by atoms with Crippen molar-refractivity contribution in [2.45, 2.75) is 167 Å². The number of aromatic nitrogens is 2. The van der Waals surface area contributed by atoms with E-state index in [-0.39, 0.29) is 43.3 Å². The standard InChI is InChI=1S/C53H80N4O13/c1-6-26-18-51(46(67)68)16-15-47(2,23-59)19-32(51)31-10-14-53-27-9-13-52(26,31)49(53,4)12-11-35-48(3,24-60)43(70-45-42(65)40(63)34(61)22-69-45)41(64)38(50(35,53)5)29(17-27)37-30(21-58)44(66)57-39(37)28(7-8-36(54)62)33-20-55-25-56-33/h10,17,20,25-26,28-30,32,34-43,45,58-65H,6-9,11-16,18-19,21-24,54H2,1-5H3,(H,55,56)(H,57,66)(H,67,68). The number of aliphatic carboxylic acids is 1. The number of carboxylic acid groups (broad SMARTS) is 1. The Kier molecular flexibility index (Phi) is 12.6. The maximum atomic E-state index is 14.4. The van der Waals surface area contributed by atoms with Crippen molar-refractivity contribution in [3.8, 4) is 0 Å². The fourth-order valence-corrected chi connectivity index (χ4v) is 19.4. The first-order valence-electron chi connectivity index (χ1n) is 26.3. The third-order valence-corrected chi connectivity index (χ3v) is 22.5. The second-order valence-corrected chi connectivity index (χ2v) is 24.9. The number of nitrogens with one attached hydrogen (secondary N) is 2. The Morgan fingerprint density at radius 3 is 2.40 bits per heavy atom. The summed E-state index contributed by atoms with van der Waals surface area (Å²) >= 11 is 0. The summed E-state index contributed by atoms with van der Waals surface area (Å²) in [6, 6.07) is -0.624. The first kappa shape index (κ1) is 50.7. The number of nitrogens with zero attached hydrogens (tertiary/aromatic N) is 1. The van der Waals surface area contributed by atoms with Crippen molar-refractivity contribution in [3.05, 3.63) is 41.5 Å². The smallest absolute Gasteiger partial charge is 0.310 e. The van der Waals surface area contributed by atoms with Gasteiger partial charge in [0.05, 0.1) is 49.7 Å². The average molecular weight is 981 g/mol. The van der Waals surface area contributed by atoms with E-state index in [1.807, 2.05) is 6.92 Å². The Morgan fingerprint density at radius 1 is 1.00 bits per heavy atom. The van der Waals surface area contributed by atoms with E-state index < -0.39 is 136 Å². The zero-order valence-electron chi connectivity index (χ0n) is 41.5. The van der Waals surface area contributed by atoms with Gasteiger partial charge in [0.25, 0.3) is 0 Å². The molecule has 5 saturated carbocycles. The molecule has 390 valence electrons. The first-order valence-corrected chi connectivity index (χ1v) is 26.3. The number of fused-ring (bicyclic) bond motifs is 2. The molecule has 17 nitrogen and oxygen atoms in total. The summed E-state index contributed by atoms with van der Waals surface area (Å²) in [5, 5.41) is 106. The van der Waals surface area contributed by atoms with E-state index in [2.05, 4.69) is 55.1 Å². The number of rotatable bonds is 13. The molecular weight excluding hydrogens is 901 g/mol. The largest absolute Gasteiger partial charge is 0.481 e. The van der Waals surface area contributed by atoms with Crippen molar-refractivity contribution >= 4 is 11.9 Å². The van der Waals surface area contributed by atoms with Gasteiger partial charge in [0.2, 0.25) is 5.91 Å². The quantitative estimate of drug-likeness (QED) is 0.0768. The van der Waals surface area contributed by atoms with Gasteiger partial charge in [-0.3, -0.25) is 9.59 Å². The number of carboxylic acids is 1. The van der Waals surface area contributed by atoms with Crippen molar-refractivity contribution in [1.82, 2.24) is 15.3 Å². The van der Waals surface area contributed by atoms with Crippen molar-refractivity contribution in [1.29, 1.82) is 0 Å². The average Bonchev–Trinajstić information content (AvgIpc) is 3.98. The summed E-state index contributed by atoms with van der Waals surface area (Å²) in [6.07, 6.45) is 5.05. The number of aliphatic hydroxyl groups is 8. The van der Waals surface area contributed by atoms with Crippen LogP contribution in [0.3, 0.4) is 0 Å². The lowest BCUT2D eigenvalue weighted by molar-refractivity contribution is -0.360. The summed E-state index contributed by atoms with van der Waals surface area (Å²) in [5.41, 5.74) is 4.08. The number of imidazole rings is 1. The van der Waals surface area contributed by atoms with E-state index in [1.54, 1.807) is 12.5 Å². The fourth-order valence-electron chi connectivity index (χ4n) is 19.4. The van der Waals surface area contributed by atoms with Gasteiger partial charge in [0, 0.05) is 58.5 Å². The normalized spacial score (nSPS) is 51.2.